The minimum Gasteiger partial charge on any atom is -0.399 e. The van der Waals surface area contributed by atoms with Crippen molar-refractivity contribution in [2.75, 3.05) is 11.1 Å². The summed E-state index contributed by atoms with van der Waals surface area (Å²) < 4.78 is 0. The fraction of sp³-hybridized carbons (Fsp3) is 0.556. The maximum atomic E-state index is 12.2. The van der Waals surface area contributed by atoms with E-state index in [0.717, 1.165) is 36.9 Å². The largest absolute Gasteiger partial charge is 0.399 e. The van der Waals surface area contributed by atoms with E-state index in [-0.39, 0.29) is 42.6 Å². The molecule has 1 aromatic rings. The van der Waals surface area contributed by atoms with E-state index in [2.05, 4.69) is 10.6 Å². The molecule has 1 atom stereocenters. The molecular weight excluding hydrogens is 326 g/mol. The Kier molecular flexibility index (Phi) is 8.05. The summed E-state index contributed by atoms with van der Waals surface area (Å²) in [5.41, 5.74) is 8.05. The molecule has 4 N–H and O–H groups in total. The van der Waals surface area contributed by atoms with Crippen molar-refractivity contribution in [3.05, 3.63) is 23.8 Å². The fourth-order valence-corrected chi connectivity index (χ4v) is 3.03. The van der Waals surface area contributed by atoms with Crippen molar-refractivity contribution in [2.24, 2.45) is 5.92 Å². The maximum Gasteiger partial charge on any atom is 0.226 e. The molecule has 2 amide bonds. The molecule has 1 aliphatic carbocycles. The molecule has 1 saturated carbocycles. The zero-order valence-corrected chi connectivity index (χ0v) is 15.2. The van der Waals surface area contributed by atoms with Gasteiger partial charge in [-0.2, -0.15) is 0 Å². The van der Waals surface area contributed by atoms with Gasteiger partial charge in [0.05, 0.1) is 0 Å². The molecular formula is C18H28ClN3O2. The highest BCUT2D eigenvalue weighted by Gasteiger charge is 2.22. The Morgan fingerprint density at radius 3 is 2.58 bits per heavy atom. The van der Waals surface area contributed by atoms with Crippen LogP contribution in [-0.2, 0) is 9.59 Å². The van der Waals surface area contributed by atoms with Gasteiger partial charge in [0.2, 0.25) is 11.8 Å². The van der Waals surface area contributed by atoms with E-state index in [0.29, 0.717) is 5.69 Å². The number of benzene rings is 1. The van der Waals surface area contributed by atoms with Gasteiger partial charge in [0.25, 0.3) is 0 Å². The zero-order valence-electron chi connectivity index (χ0n) is 14.4. The van der Waals surface area contributed by atoms with Crippen LogP contribution in [0.3, 0.4) is 0 Å². The van der Waals surface area contributed by atoms with E-state index < -0.39 is 0 Å². The first-order valence-electron chi connectivity index (χ1n) is 8.42. The van der Waals surface area contributed by atoms with E-state index in [1.807, 2.05) is 19.9 Å². The molecule has 1 aliphatic rings. The van der Waals surface area contributed by atoms with Crippen molar-refractivity contribution >= 4 is 35.6 Å². The van der Waals surface area contributed by atoms with Gasteiger partial charge in [0.15, 0.2) is 0 Å². The number of rotatable bonds is 5. The Morgan fingerprint density at radius 2 is 1.92 bits per heavy atom. The number of anilines is 2. The molecule has 0 spiro atoms. The maximum absolute atomic E-state index is 12.2. The Labute approximate surface area is 150 Å². The van der Waals surface area contributed by atoms with Crippen LogP contribution in [0.25, 0.3) is 0 Å². The van der Waals surface area contributed by atoms with E-state index in [1.54, 1.807) is 12.1 Å². The second-order valence-electron chi connectivity index (χ2n) is 6.57. The minimum absolute atomic E-state index is 0. The second-order valence-corrected chi connectivity index (χ2v) is 6.57. The molecule has 0 aromatic heterocycles. The Bertz CT molecular complexity index is 571. The van der Waals surface area contributed by atoms with Crippen molar-refractivity contribution < 1.29 is 9.59 Å². The van der Waals surface area contributed by atoms with E-state index in [9.17, 15) is 9.59 Å². The minimum atomic E-state index is -0.175. The third-order valence-corrected chi connectivity index (χ3v) is 4.39. The summed E-state index contributed by atoms with van der Waals surface area (Å²) in [6, 6.07) is 5.25. The van der Waals surface area contributed by atoms with Crippen molar-refractivity contribution in [2.45, 2.75) is 58.4 Å². The van der Waals surface area contributed by atoms with Gasteiger partial charge in [-0.3, -0.25) is 9.59 Å². The van der Waals surface area contributed by atoms with Gasteiger partial charge in [-0.05, 0) is 44.4 Å². The number of hydrogen-bond donors (Lipinski definition) is 3. The molecule has 134 valence electrons. The lowest BCUT2D eigenvalue weighted by Crippen LogP contribution is -2.39. The number of hydrogen-bond acceptors (Lipinski definition) is 3. The lowest BCUT2D eigenvalue weighted by atomic mass is 9.88. The molecule has 0 saturated heterocycles. The first-order valence-corrected chi connectivity index (χ1v) is 8.42. The summed E-state index contributed by atoms with van der Waals surface area (Å²) in [7, 11) is 0. The summed E-state index contributed by atoms with van der Waals surface area (Å²) >= 11 is 0. The molecule has 2 rings (SSSR count). The molecule has 1 fully saturated rings. The van der Waals surface area contributed by atoms with Crippen LogP contribution in [0.4, 0.5) is 11.4 Å². The number of amides is 2. The van der Waals surface area contributed by atoms with Crippen LogP contribution in [-0.4, -0.2) is 17.9 Å². The van der Waals surface area contributed by atoms with Crippen molar-refractivity contribution in [1.29, 1.82) is 0 Å². The average molecular weight is 354 g/mol. The molecule has 0 aliphatic heterocycles. The van der Waals surface area contributed by atoms with Crippen LogP contribution >= 0.6 is 12.4 Å². The standard InChI is InChI=1S/C18H27N3O2.ClH/c1-12-8-9-15(19)11-16(12)21-17(22)10-13(2)20-18(23)14-6-4-3-5-7-14;/h8-9,11,13-14H,3-7,10,19H2,1-2H3,(H,20,23)(H,21,22);1H. The Morgan fingerprint density at radius 1 is 1.25 bits per heavy atom. The highest BCUT2D eigenvalue weighted by molar-refractivity contribution is 5.92. The van der Waals surface area contributed by atoms with E-state index in [1.165, 1.54) is 6.42 Å². The van der Waals surface area contributed by atoms with Crippen LogP contribution in [0, 0.1) is 12.8 Å². The normalized spacial score (nSPS) is 15.9. The van der Waals surface area contributed by atoms with Gasteiger partial charge in [0, 0.05) is 29.8 Å². The summed E-state index contributed by atoms with van der Waals surface area (Å²) in [6.45, 7) is 3.79. The SMILES string of the molecule is Cc1ccc(N)cc1NC(=O)CC(C)NC(=O)C1CCCCC1.Cl. The molecule has 24 heavy (non-hydrogen) atoms. The number of nitrogens with two attached hydrogens (primary N) is 1. The van der Waals surface area contributed by atoms with Crippen LogP contribution in [0.1, 0.15) is 51.0 Å². The molecule has 0 heterocycles. The Hall–Kier alpha value is -1.75. The summed E-state index contributed by atoms with van der Waals surface area (Å²) in [4.78, 5) is 24.3. The first-order chi connectivity index (χ1) is 11.0. The van der Waals surface area contributed by atoms with Crippen molar-refractivity contribution in [3.8, 4) is 0 Å². The smallest absolute Gasteiger partial charge is 0.226 e. The summed E-state index contributed by atoms with van der Waals surface area (Å²) in [6.07, 6.45) is 5.66. The van der Waals surface area contributed by atoms with Gasteiger partial charge in [0.1, 0.15) is 0 Å². The monoisotopic (exact) mass is 353 g/mol. The number of aryl methyl sites for hydroxylation is 1. The fourth-order valence-electron chi connectivity index (χ4n) is 3.03. The van der Waals surface area contributed by atoms with E-state index >= 15 is 0 Å². The molecule has 1 aromatic carbocycles. The third-order valence-electron chi connectivity index (χ3n) is 4.39. The topological polar surface area (TPSA) is 84.2 Å². The van der Waals surface area contributed by atoms with Gasteiger partial charge < -0.3 is 16.4 Å². The van der Waals surface area contributed by atoms with Gasteiger partial charge in [-0.15, -0.1) is 12.4 Å². The summed E-state index contributed by atoms with van der Waals surface area (Å²) in [5.74, 6) is 0.0886. The van der Waals surface area contributed by atoms with Gasteiger partial charge in [-0.1, -0.05) is 25.3 Å². The number of carbonyl (C=O) groups is 2. The highest BCUT2D eigenvalue weighted by atomic mass is 35.5. The van der Waals surface area contributed by atoms with Crippen molar-refractivity contribution in [1.82, 2.24) is 5.32 Å². The Balaban J connectivity index is 0.00000288. The van der Waals surface area contributed by atoms with Crippen LogP contribution < -0.4 is 16.4 Å². The first kappa shape index (κ1) is 20.3. The molecule has 1 unspecified atom stereocenters. The molecule has 5 nitrogen and oxygen atoms in total. The highest BCUT2D eigenvalue weighted by Crippen LogP contribution is 2.24. The van der Waals surface area contributed by atoms with E-state index in [4.69, 9.17) is 5.73 Å². The second kappa shape index (κ2) is 9.52. The van der Waals surface area contributed by atoms with Crippen molar-refractivity contribution in [3.63, 3.8) is 0 Å². The van der Waals surface area contributed by atoms with Gasteiger partial charge >= 0.3 is 0 Å². The third kappa shape index (κ3) is 6.04. The number of nitrogen functional groups attached to an aromatic ring is 1. The molecule has 0 bridgehead atoms. The van der Waals surface area contributed by atoms with Crippen LogP contribution in [0.15, 0.2) is 18.2 Å². The summed E-state index contributed by atoms with van der Waals surface area (Å²) in [5, 5.41) is 5.83. The van der Waals surface area contributed by atoms with Gasteiger partial charge in [-0.25, -0.2) is 0 Å². The quantitative estimate of drug-likeness (QED) is 0.709. The lowest BCUT2D eigenvalue weighted by Gasteiger charge is -2.23. The van der Waals surface area contributed by atoms with Crippen LogP contribution in [0.5, 0.6) is 0 Å². The lowest BCUT2D eigenvalue weighted by molar-refractivity contribution is -0.126. The predicted molar refractivity (Wildman–Crippen MR) is 100 cm³/mol. The molecule has 0 radical (unpaired) electrons. The molecule has 6 heteroatoms. The zero-order chi connectivity index (χ0) is 16.8. The number of nitrogens with one attached hydrogen (secondary N) is 2. The van der Waals surface area contributed by atoms with Crippen LogP contribution in [0.2, 0.25) is 0 Å². The number of halogens is 1. The predicted octanol–water partition coefficient (Wildman–Crippen LogP) is 3.41. The average Bonchev–Trinajstić information content (AvgIpc) is 2.51. The number of carbonyl (C=O) groups excluding carboxylic acids is 2.